The molecule has 1 aliphatic heterocycles. The van der Waals surface area contributed by atoms with Gasteiger partial charge < -0.3 is 15.5 Å². The molecule has 1 aliphatic rings. The average molecular weight is 458 g/mol. The van der Waals surface area contributed by atoms with E-state index in [9.17, 15) is 28.8 Å². The Bertz CT molecular complexity index is 668. The summed E-state index contributed by atoms with van der Waals surface area (Å²) in [4.78, 5) is 75.7. The van der Waals surface area contributed by atoms with Gasteiger partial charge >= 0.3 is 5.97 Å². The summed E-state index contributed by atoms with van der Waals surface area (Å²) in [6.07, 6.45) is 3.33. The standard InChI is InChI=1S/C20H31N3O7S/c1-3-4-11-21-20(29)15(13-19(28)30-23-17(26)9-10-18(23)27)22-16(25)8-6-5-7-12-31-14(2)24/h15H,3-13H2,1-2H3,(H,21,29)(H,22,25)/t15-/m0/s1. The molecular weight excluding hydrogens is 426 g/mol. The van der Waals surface area contributed by atoms with Crippen molar-refractivity contribution in [2.75, 3.05) is 12.3 Å². The molecule has 4 amide bonds. The number of unbranched alkanes of at least 4 members (excludes halogenated alkanes) is 3. The third-order valence-electron chi connectivity index (χ3n) is 4.40. The zero-order valence-corrected chi connectivity index (χ0v) is 18.9. The number of rotatable bonds is 14. The largest absolute Gasteiger partial charge is 0.354 e. The van der Waals surface area contributed by atoms with Crippen LogP contribution in [0, 0.1) is 0 Å². The second kappa shape index (κ2) is 14.6. The number of carbonyl (C=O) groups is 6. The molecule has 1 heterocycles. The second-order valence-electron chi connectivity index (χ2n) is 7.16. The average Bonchev–Trinajstić information content (AvgIpc) is 3.02. The molecular formula is C20H31N3O7S. The zero-order valence-electron chi connectivity index (χ0n) is 18.1. The fourth-order valence-corrected chi connectivity index (χ4v) is 3.37. The van der Waals surface area contributed by atoms with Gasteiger partial charge in [0.25, 0.3) is 11.8 Å². The SMILES string of the molecule is CCCCNC(=O)[C@H](CC(=O)ON1C(=O)CCC1=O)NC(=O)CCCCCSC(C)=O. The number of hydrogen-bond donors (Lipinski definition) is 2. The van der Waals surface area contributed by atoms with Gasteiger partial charge in [0.2, 0.25) is 11.8 Å². The van der Waals surface area contributed by atoms with E-state index in [0.29, 0.717) is 23.8 Å². The van der Waals surface area contributed by atoms with Gasteiger partial charge in [0.1, 0.15) is 6.04 Å². The normalized spacial score (nSPS) is 14.3. The Morgan fingerprint density at radius 2 is 1.74 bits per heavy atom. The van der Waals surface area contributed by atoms with Crippen LogP contribution in [0.15, 0.2) is 0 Å². The summed E-state index contributed by atoms with van der Waals surface area (Å²) in [6, 6.07) is -1.17. The summed E-state index contributed by atoms with van der Waals surface area (Å²) in [5.41, 5.74) is 0. The molecule has 1 atom stereocenters. The Labute approximate surface area is 186 Å². The highest BCUT2D eigenvalue weighted by Gasteiger charge is 2.34. The van der Waals surface area contributed by atoms with E-state index in [0.717, 1.165) is 25.7 Å². The van der Waals surface area contributed by atoms with E-state index >= 15 is 0 Å². The molecule has 0 aromatic rings. The summed E-state index contributed by atoms with van der Waals surface area (Å²) in [6.45, 7) is 3.86. The monoisotopic (exact) mass is 457 g/mol. The molecule has 0 aromatic carbocycles. The Hall–Kier alpha value is -2.43. The van der Waals surface area contributed by atoms with Crippen molar-refractivity contribution in [3.8, 4) is 0 Å². The van der Waals surface area contributed by atoms with Crippen LogP contribution in [0.25, 0.3) is 0 Å². The minimum atomic E-state index is -1.17. The highest BCUT2D eigenvalue weighted by atomic mass is 32.2. The smallest absolute Gasteiger partial charge is 0.335 e. The van der Waals surface area contributed by atoms with Gasteiger partial charge in [-0.2, -0.15) is 0 Å². The van der Waals surface area contributed by atoms with Gasteiger partial charge in [-0.3, -0.25) is 24.0 Å². The highest BCUT2D eigenvalue weighted by molar-refractivity contribution is 8.13. The van der Waals surface area contributed by atoms with E-state index in [-0.39, 0.29) is 24.4 Å². The van der Waals surface area contributed by atoms with Crippen LogP contribution >= 0.6 is 11.8 Å². The molecule has 0 bridgehead atoms. The van der Waals surface area contributed by atoms with Gasteiger partial charge in [-0.15, -0.1) is 5.06 Å². The molecule has 0 radical (unpaired) electrons. The minimum Gasteiger partial charge on any atom is -0.354 e. The van der Waals surface area contributed by atoms with E-state index < -0.39 is 42.1 Å². The van der Waals surface area contributed by atoms with Gasteiger partial charge in [-0.25, -0.2) is 4.79 Å². The maximum absolute atomic E-state index is 12.4. The van der Waals surface area contributed by atoms with Crippen molar-refractivity contribution in [3.63, 3.8) is 0 Å². The van der Waals surface area contributed by atoms with Gasteiger partial charge in [0.15, 0.2) is 5.12 Å². The van der Waals surface area contributed by atoms with Crippen LogP contribution in [0.2, 0.25) is 0 Å². The number of hydrogen-bond acceptors (Lipinski definition) is 8. The first-order chi connectivity index (χ1) is 14.7. The summed E-state index contributed by atoms with van der Waals surface area (Å²) in [5, 5.41) is 5.65. The molecule has 0 aliphatic carbocycles. The van der Waals surface area contributed by atoms with Crippen LogP contribution < -0.4 is 10.6 Å². The Morgan fingerprint density at radius 1 is 1.06 bits per heavy atom. The van der Waals surface area contributed by atoms with E-state index in [1.165, 1.54) is 18.7 Å². The predicted octanol–water partition coefficient (Wildman–Crippen LogP) is 1.22. The van der Waals surface area contributed by atoms with E-state index in [1.54, 1.807) is 0 Å². The molecule has 10 nitrogen and oxygen atoms in total. The van der Waals surface area contributed by atoms with Crippen LogP contribution in [-0.4, -0.2) is 58.1 Å². The predicted molar refractivity (Wildman–Crippen MR) is 113 cm³/mol. The van der Waals surface area contributed by atoms with Crippen molar-refractivity contribution in [1.82, 2.24) is 15.7 Å². The maximum Gasteiger partial charge on any atom is 0.335 e. The lowest BCUT2D eigenvalue weighted by Crippen LogP contribution is -2.48. The quantitative estimate of drug-likeness (QED) is 0.293. The first kappa shape index (κ1) is 26.6. The molecule has 1 rings (SSSR count). The number of nitrogens with one attached hydrogen (secondary N) is 2. The van der Waals surface area contributed by atoms with E-state index in [2.05, 4.69) is 10.6 Å². The van der Waals surface area contributed by atoms with Gasteiger partial charge in [-0.1, -0.05) is 31.5 Å². The minimum absolute atomic E-state index is 0.0330. The summed E-state index contributed by atoms with van der Waals surface area (Å²) in [7, 11) is 0. The van der Waals surface area contributed by atoms with Crippen LogP contribution in [0.4, 0.5) is 0 Å². The lowest BCUT2D eigenvalue weighted by Gasteiger charge is -2.19. The van der Waals surface area contributed by atoms with Crippen molar-refractivity contribution in [2.24, 2.45) is 0 Å². The lowest BCUT2D eigenvalue weighted by atomic mass is 10.1. The third-order valence-corrected chi connectivity index (χ3v) is 5.30. The highest BCUT2D eigenvalue weighted by Crippen LogP contribution is 2.13. The molecule has 0 spiro atoms. The Balaban J connectivity index is 2.54. The fraction of sp³-hybridized carbons (Fsp3) is 0.700. The number of carbonyl (C=O) groups excluding carboxylic acids is 6. The molecule has 0 saturated carbocycles. The van der Waals surface area contributed by atoms with E-state index in [4.69, 9.17) is 4.84 Å². The first-order valence-corrected chi connectivity index (χ1v) is 11.5. The summed E-state index contributed by atoms with van der Waals surface area (Å²) < 4.78 is 0. The molecule has 174 valence electrons. The number of hydroxylamine groups is 2. The van der Waals surface area contributed by atoms with Crippen molar-refractivity contribution in [3.05, 3.63) is 0 Å². The van der Waals surface area contributed by atoms with Crippen molar-refractivity contribution >= 4 is 46.5 Å². The van der Waals surface area contributed by atoms with Crippen molar-refractivity contribution in [2.45, 2.75) is 77.7 Å². The van der Waals surface area contributed by atoms with Crippen LogP contribution in [0.1, 0.15) is 71.6 Å². The summed E-state index contributed by atoms with van der Waals surface area (Å²) >= 11 is 1.24. The van der Waals surface area contributed by atoms with Crippen molar-refractivity contribution in [1.29, 1.82) is 0 Å². The molecule has 2 N–H and O–H groups in total. The number of imide groups is 1. The zero-order chi connectivity index (χ0) is 23.2. The molecule has 31 heavy (non-hydrogen) atoms. The second-order valence-corrected chi connectivity index (χ2v) is 8.44. The number of amides is 4. The van der Waals surface area contributed by atoms with Gasteiger partial charge in [0, 0.05) is 38.5 Å². The topological polar surface area (TPSA) is 139 Å². The van der Waals surface area contributed by atoms with Gasteiger partial charge in [-0.05, 0) is 19.3 Å². The molecule has 0 unspecified atom stereocenters. The Morgan fingerprint density at radius 3 is 2.35 bits per heavy atom. The first-order valence-electron chi connectivity index (χ1n) is 10.5. The third kappa shape index (κ3) is 11.0. The van der Waals surface area contributed by atoms with E-state index in [1.807, 2.05) is 6.92 Å². The summed E-state index contributed by atoms with van der Waals surface area (Å²) in [5.74, 6) is -2.42. The molecule has 1 fully saturated rings. The fourth-order valence-electron chi connectivity index (χ4n) is 2.73. The van der Waals surface area contributed by atoms with Crippen LogP contribution in [-0.2, 0) is 33.6 Å². The lowest BCUT2D eigenvalue weighted by molar-refractivity contribution is -0.197. The Kier molecular flexibility index (Phi) is 12.5. The maximum atomic E-state index is 12.4. The molecule has 1 saturated heterocycles. The number of thioether (sulfide) groups is 1. The van der Waals surface area contributed by atoms with Crippen LogP contribution in [0.3, 0.4) is 0 Å². The van der Waals surface area contributed by atoms with Crippen molar-refractivity contribution < 1.29 is 33.6 Å². The molecule has 0 aromatic heterocycles. The van der Waals surface area contributed by atoms with Gasteiger partial charge in [0.05, 0.1) is 6.42 Å². The molecule has 11 heteroatoms. The number of nitrogens with zero attached hydrogens (tertiary/aromatic N) is 1. The van der Waals surface area contributed by atoms with Crippen LogP contribution in [0.5, 0.6) is 0 Å².